The van der Waals surface area contributed by atoms with Gasteiger partial charge in [0.05, 0.1) is 12.7 Å². The second-order valence-electron chi connectivity index (χ2n) is 2.53. The van der Waals surface area contributed by atoms with E-state index < -0.39 is 0 Å². The molecule has 0 spiro atoms. The number of alkyl halides is 1. The largest absolute Gasteiger partial charge is 0.374 e. The summed E-state index contributed by atoms with van der Waals surface area (Å²) in [5.74, 6) is 0. The number of hydrogen-bond acceptors (Lipinski definition) is 2. The van der Waals surface area contributed by atoms with Gasteiger partial charge in [0, 0.05) is 6.54 Å². The summed E-state index contributed by atoms with van der Waals surface area (Å²) in [6.45, 7) is 1.86. The molecule has 1 aliphatic rings. The van der Waals surface area contributed by atoms with Gasteiger partial charge in [0.2, 0.25) is 0 Å². The summed E-state index contributed by atoms with van der Waals surface area (Å²) in [5, 5.41) is 3.20. The Balaban J connectivity index is 2.02. The molecule has 0 aromatic heterocycles. The van der Waals surface area contributed by atoms with Crippen LogP contribution in [0.3, 0.4) is 0 Å². The number of nitrogens with one attached hydrogen (secondary N) is 1. The molecule has 1 fully saturated rings. The predicted octanol–water partition coefficient (Wildman–Crippen LogP) is 0.724. The lowest BCUT2D eigenvalue weighted by molar-refractivity contribution is 0.0295. The molecule has 10 heavy (non-hydrogen) atoms. The smallest absolute Gasteiger partial charge is 0.113 e. The third kappa shape index (κ3) is 2.62. The highest BCUT2D eigenvalue weighted by atomic mass is 19.1. The Morgan fingerprint density at radius 1 is 1.60 bits per heavy atom. The van der Waals surface area contributed by atoms with Gasteiger partial charge in [0.25, 0.3) is 0 Å². The zero-order valence-electron chi connectivity index (χ0n) is 6.11. The first-order chi connectivity index (χ1) is 4.93. The van der Waals surface area contributed by atoms with Crippen molar-refractivity contribution in [1.82, 2.24) is 5.32 Å². The van der Waals surface area contributed by atoms with E-state index in [1.165, 1.54) is 0 Å². The molecule has 60 valence electrons. The van der Waals surface area contributed by atoms with E-state index >= 15 is 0 Å². The molecule has 1 heterocycles. The first-order valence-electron chi connectivity index (χ1n) is 3.82. The molecule has 0 bridgehead atoms. The van der Waals surface area contributed by atoms with Gasteiger partial charge in [0.1, 0.15) is 6.67 Å². The summed E-state index contributed by atoms with van der Waals surface area (Å²) >= 11 is 0. The van der Waals surface area contributed by atoms with Crippen LogP contribution in [0.1, 0.15) is 12.8 Å². The van der Waals surface area contributed by atoms with Crippen LogP contribution in [0.2, 0.25) is 0 Å². The number of ether oxygens (including phenoxy) is 1. The zero-order chi connectivity index (χ0) is 7.23. The van der Waals surface area contributed by atoms with Gasteiger partial charge in [0.15, 0.2) is 0 Å². The van der Waals surface area contributed by atoms with E-state index in [0.29, 0.717) is 0 Å². The summed E-state index contributed by atoms with van der Waals surface area (Å²) in [4.78, 5) is 0. The second-order valence-corrected chi connectivity index (χ2v) is 2.53. The lowest BCUT2D eigenvalue weighted by Crippen LogP contribution is -2.35. The molecule has 2 nitrogen and oxygen atoms in total. The molecule has 1 aliphatic heterocycles. The summed E-state index contributed by atoms with van der Waals surface area (Å²) in [5.41, 5.74) is 0. The van der Waals surface area contributed by atoms with Crippen LogP contribution >= 0.6 is 0 Å². The first kappa shape index (κ1) is 7.95. The van der Waals surface area contributed by atoms with E-state index in [2.05, 4.69) is 5.32 Å². The van der Waals surface area contributed by atoms with Crippen LogP contribution < -0.4 is 5.32 Å². The van der Waals surface area contributed by atoms with Gasteiger partial charge in [-0.05, 0) is 19.4 Å². The van der Waals surface area contributed by atoms with Crippen LogP contribution in [-0.4, -0.2) is 32.5 Å². The van der Waals surface area contributed by atoms with Gasteiger partial charge in [-0.3, -0.25) is 0 Å². The quantitative estimate of drug-likeness (QED) is 0.635. The average Bonchev–Trinajstić information content (AvgIpc) is 2.03. The predicted molar refractivity (Wildman–Crippen MR) is 37.8 cm³/mol. The fourth-order valence-corrected chi connectivity index (χ4v) is 1.17. The van der Waals surface area contributed by atoms with Gasteiger partial charge < -0.3 is 10.1 Å². The van der Waals surface area contributed by atoms with Gasteiger partial charge in [-0.15, -0.1) is 0 Å². The average molecular weight is 147 g/mol. The van der Waals surface area contributed by atoms with Gasteiger partial charge in [-0.25, -0.2) is 4.39 Å². The number of rotatable bonds is 3. The molecule has 0 amide bonds. The molecule has 1 atom stereocenters. The molecule has 0 unspecified atom stereocenters. The van der Waals surface area contributed by atoms with Crippen LogP contribution in [0.4, 0.5) is 4.39 Å². The Morgan fingerprint density at radius 2 is 2.50 bits per heavy atom. The zero-order valence-corrected chi connectivity index (χ0v) is 6.11. The van der Waals surface area contributed by atoms with Crippen LogP contribution in [0.5, 0.6) is 0 Å². The maximum absolute atomic E-state index is 11.6. The van der Waals surface area contributed by atoms with E-state index in [-0.39, 0.29) is 19.4 Å². The lowest BCUT2D eigenvalue weighted by Gasteiger charge is -2.22. The van der Waals surface area contributed by atoms with Crippen molar-refractivity contribution in [2.75, 3.05) is 26.4 Å². The number of halogens is 1. The number of hydrogen-bond donors (Lipinski definition) is 1. The highest BCUT2D eigenvalue weighted by molar-refractivity contribution is 4.68. The number of piperidine rings is 1. The molecular formula is C7H14FNO. The molecule has 1 rings (SSSR count). The van der Waals surface area contributed by atoms with Crippen LogP contribution in [-0.2, 0) is 4.74 Å². The SMILES string of the molecule is FCCO[C@H]1CCCNC1. The monoisotopic (exact) mass is 147 g/mol. The Hall–Kier alpha value is -0.150. The highest BCUT2D eigenvalue weighted by Crippen LogP contribution is 2.04. The van der Waals surface area contributed by atoms with Crippen molar-refractivity contribution >= 4 is 0 Å². The summed E-state index contributed by atoms with van der Waals surface area (Å²) in [7, 11) is 0. The summed E-state index contributed by atoms with van der Waals surface area (Å²) < 4.78 is 16.8. The Kier molecular flexibility index (Phi) is 3.68. The molecular weight excluding hydrogens is 133 g/mol. The van der Waals surface area contributed by atoms with E-state index in [1.807, 2.05) is 0 Å². The summed E-state index contributed by atoms with van der Waals surface area (Å²) in [6.07, 6.45) is 2.48. The van der Waals surface area contributed by atoms with Crippen LogP contribution in [0.15, 0.2) is 0 Å². The van der Waals surface area contributed by atoms with Crippen molar-refractivity contribution in [2.24, 2.45) is 0 Å². The highest BCUT2D eigenvalue weighted by Gasteiger charge is 2.11. The first-order valence-corrected chi connectivity index (χ1v) is 3.82. The van der Waals surface area contributed by atoms with Crippen molar-refractivity contribution in [3.63, 3.8) is 0 Å². The standard InChI is InChI=1S/C7H14FNO/c8-3-5-10-7-2-1-4-9-6-7/h7,9H,1-6H2/t7-/m0/s1. The van der Waals surface area contributed by atoms with Crippen molar-refractivity contribution in [2.45, 2.75) is 18.9 Å². The normalized spacial score (nSPS) is 26.7. The molecule has 0 aromatic carbocycles. The van der Waals surface area contributed by atoms with Gasteiger partial charge in [-0.2, -0.15) is 0 Å². The Morgan fingerprint density at radius 3 is 3.10 bits per heavy atom. The van der Waals surface area contributed by atoms with Crippen molar-refractivity contribution in [3.8, 4) is 0 Å². The van der Waals surface area contributed by atoms with Gasteiger partial charge >= 0.3 is 0 Å². The van der Waals surface area contributed by atoms with Crippen molar-refractivity contribution in [1.29, 1.82) is 0 Å². The van der Waals surface area contributed by atoms with E-state index in [1.54, 1.807) is 0 Å². The fourth-order valence-electron chi connectivity index (χ4n) is 1.17. The molecule has 1 saturated heterocycles. The van der Waals surface area contributed by atoms with E-state index in [4.69, 9.17) is 4.74 Å². The maximum Gasteiger partial charge on any atom is 0.113 e. The molecule has 0 aromatic rings. The minimum atomic E-state index is -0.365. The molecule has 0 radical (unpaired) electrons. The maximum atomic E-state index is 11.6. The van der Waals surface area contributed by atoms with Gasteiger partial charge in [-0.1, -0.05) is 0 Å². The Bertz CT molecular complexity index is 83.7. The topological polar surface area (TPSA) is 21.3 Å². The van der Waals surface area contributed by atoms with Crippen LogP contribution in [0, 0.1) is 0 Å². The fraction of sp³-hybridized carbons (Fsp3) is 1.00. The molecule has 0 aliphatic carbocycles. The molecule has 3 heteroatoms. The van der Waals surface area contributed by atoms with E-state index in [9.17, 15) is 4.39 Å². The lowest BCUT2D eigenvalue weighted by atomic mass is 10.1. The molecule has 1 N–H and O–H groups in total. The molecule has 0 saturated carbocycles. The van der Waals surface area contributed by atoms with Crippen molar-refractivity contribution < 1.29 is 9.13 Å². The second kappa shape index (κ2) is 4.63. The van der Waals surface area contributed by atoms with Crippen molar-refractivity contribution in [3.05, 3.63) is 0 Å². The minimum absolute atomic E-state index is 0.254. The minimum Gasteiger partial charge on any atom is -0.374 e. The third-order valence-corrected chi connectivity index (χ3v) is 1.68. The van der Waals surface area contributed by atoms with Crippen LogP contribution in [0.25, 0.3) is 0 Å². The Labute approximate surface area is 60.8 Å². The summed E-state index contributed by atoms with van der Waals surface area (Å²) in [6, 6.07) is 0. The third-order valence-electron chi connectivity index (χ3n) is 1.68. The van der Waals surface area contributed by atoms with E-state index in [0.717, 1.165) is 25.9 Å².